The molecule has 0 bridgehead atoms. The summed E-state index contributed by atoms with van der Waals surface area (Å²) in [6.45, 7) is 1.99. The molecule has 1 N–H and O–H groups in total. The Morgan fingerprint density at radius 2 is 1.91 bits per heavy atom. The van der Waals surface area contributed by atoms with Crippen LogP contribution in [0.5, 0.6) is 0 Å². The van der Waals surface area contributed by atoms with E-state index in [-0.39, 0.29) is 16.8 Å². The Hall–Kier alpha value is -2.18. The maximum atomic E-state index is 12.9. The molecule has 0 unspecified atom stereocenters. The lowest BCUT2D eigenvalue weighted by molar-refractivity contribution is 0.0981. The molecule has 1 aliphatic heterocycles. The van der Waals surface area contributed by atoms with E-state index in [0.717, 1.165) is 17.7 Å². The van der Waals surface area contributed by atoms with Crippen molar-refractivity contribution < 1.29 is 13.2 Å². The van der Waals surface area contributed by atoms with Crippen molar-refractivity contribution in [3.05, 3.63) is 59.7 Å². The summed E-state index contributed by atoms with van der Waals surface area (Å²) in [7, 11) is -2.22. The molecule has 0 spiro atoms. The van der Waals surface area contributed by atoms with Gasteiger partial charge in [0.2, 0.25) is 10.0 Å². The number of hydrogen-bond acceptors (Lipinski definition) is 3. The molecule has 1 heterocycles. The van der Waals surface area contributed by atoms with Crippen molar-refractivity contribution in [2.24, 2.45) is 0 Å². The van der Waals surface area contributed by atoms with Crippen LogP contribution in [0.3, 0.4) is 0 Å². The minimum Gasteiger partial charge on any atom is -0.305 e. The summed E-state index contributed by atoms with van der Waals surface area (Å²) < 4.78 is 26.1. The summed E-state index contributed by atoms with van der Waals surface area (Å²) in [5.41, 5.74) is 2.39. The molecule has 1 atom stereocenters. The Balaban J connectivity index is 2.00. The van der Waals surface area contributed by atoms with Crippen molar-refractivity contribution in [1.82, 2.24) is 4.72 Å². The molecule has 6 heteroatoms. The lowest BCUT2D eigenvalue weighted by Crippen LogP contribution is -2.35. The minimum atomic E-state index is -3.57. The van der Waals surface area contributed by atoms with Crippen molar-refractivity contribution in [3.63, 3.8) is 0 Å². The first kappa shape index (κ1) is 15.7. The average molecular weight is 330 g/mol. The van der Waals surface area contributed by atoms with Crippen LogP contribution in [0.25, 0.3) is 0 Å². The van der Waals surface area contributed by atoms with E-state index in [1.807, 2.05) is 31.2 Å². The summed E-state index contributed by atoms with van der Waals surface area (Å²) in [6.07, 6.45) is 0.802. The Bertz CT molecular complexity index is 862. The molecule has 120 valence electrons. The van der Waals surface area contributed by atoms with Gasteiger partial charge in [-0.2, -0.15) is 0 Å². The highest BCUT2D eigenvalue weighted by Gasteiger charge is 2.31. The maximum Gasteiger partial charge on any atom is 0.258 e. The Kier molecular flexibility index (Phi) is 3.95. The molecule has 0 aromatic heterocycles. The highest BCUT2D eigenvalue weighted by Crippen LogP contribution is 2.33. The second kappa shape index (κ2) is 5.79. The largest absolute Gasteiger partial charge is 0.305 e. The number of para-hydroxylation sites is 1. The van der Waals surface area contributed by atoms with Crippen molar-refractivity contribution in [3.8, 4) is 0 Å². The normalized spacial score (nSPS) is 17.1. The molecule has 1 aliphatic rings. The highest BCUT2D eigenvalue weighted by molar-refractivity contribution is 7.89. The third kappa shape index (κ3) is 2.75. The summed E-state index contributed by atoms with van der Waals surface area (Å²) in [5.74, 6) is -0.185. The molecule has 23 heavy (non-hydrogen) atoms. The van der Waals surface area contributed by atoms with Crippen LogP contribution in [-0.2, 0) is 16.4 Å². The van der Waals surface area contributed by atoms with E-state index in [9.17, 15) is 13.2 Å². The van der Waals surface area contributed by atoms with E-state index >= 15 is 0 Å². The van der Waals surface area contributed by atoms with Crippen LogP contribution in [0, 0.1) is 0 Å². The number of carbonyl (C=O) groups is 1. The van der Waals surface area contributed by atoms with E-state index in [1.54, 1.807) is 17.0 Å². The number of benzene rings is 2. The van der Waals surface area contributed by atoms with Gasteiger partial charge in [-0.3, -0.25) is 4.79 Å². The zero-order valence-electron chi connectivity index (χ0n) is 13.0. The first-order valence-electron chi connectivity index (χ1n) is 7.39. The van der Waals surface area contributed by atoms with Crippen LogP contribution in [0.1, 0.15) is 22.8 Å². The maximum absolute atomic E-state index is 12.9. The Morgan fingerprint density at radius 3 is 2.65 bits per heavy atom. The van der Waals surface area contributed by atoms with Crippen LogP contribution in [-0.4, -0.2) is 27.4 Å². The average Bonchev–Trinajstić information content (AvgIpc) is 2.90. The molecular formula is C17H18N2O3S. The number of sulfonamides is 1. The fourth-order valence-electron chi connectivity index (χ4n) is 2.93. The van der Waals surface area contributed by atoms with Gasteiger partial charge in [0.25, 0.3) is 5.91 Å². The number of rotatable bonds is 3. The van der Waals surface area contributed by atoms with E-state index in [4.69, 9.17) is 0 Å². The Morgan fingerprint density at radius 1 is 1.17 bits per heavy atom. The number of nitrogens with one attached hydrogen (secondary N) is 1. The third-order valence-corrected chi connectivity index (χ3v) is 5.50. The van der Waals surface area contributed by atoms with Crippen LogP contribution in [0.4, 0.5) is 5.69 Å². The zero-order valence-corrected chi connectivity index (χ0v) is 13.8. The molecule has 2 aromatic rings. The Labute approximate surface area is 136 Å². The van der Waals surface area contributed by atoms with Gasteiger partial charge in [-0.15, -0.1) is 0 Å². The van der Waals surface area contributed by atoms with Gasteiger partial charge < -0.3 is 4.90 Å². The minimum absolute atomic E-state index is 0.0458. The SMILES string of the molecule is CNS(=O)(=O)c1cccc(C(=O)N2c3ccccc3C[C@@H]2C)c1. The van der Waals surface area contributed by atoms with Crippen molar-refractivity contribution in [2.75, 3.05) is 11.9 Å². The molecule has 0 saturated heterocycles. The molecule has 0 radical (unpaired) electrons. The predicted octanol–water partition coefficient (Wildman–Crippen LogP) is 2.19. The van der Waals surface area contributed by atoms with Gasteiger partial charge >= 0.3 is 0 Å². The second-order valence-electron chi connectivity index (χ2n) is 5.59. The predicted molar refractivity (Wildman–Crippen MR) is 89.1 cm³/mol. The quantitative estimate of drug-likeness (QED) is 0.938. The van der Waals surface area contributed by atoms with Crippen molar-refractivity contribution >= 4 is 21.6 Å². The van der Waals surface area contributed by atoms with Crippen molar-refractivity contribution in [2.45, 2.75) is 24.3 Å². The summed E-state index contributed by atoms with van der Waals surface area (Å²) >= 11 is 0. The number of nitrogens with zero attached hydrogens (tertiary/aromatic N) is 1. The van der Waals surface area contributed by atoms with E-state index in [2.05, 4.69) is 4.72 Å². The standard InChI is InChI=1S/C17H18N2O3S/c1-12-10-13-6-3-4-9-16(13)19(12)17(20)14-7-5-8-15(11-14)23(21,22)18-2/h3-9,11-12,18H,10H2,1-2H3/t12-/m0/s1. The smallest absolute Gasteiger partial charge is 0.258 e. The van der Waals surface area contributed by atoms with Gasteiger partial charge in [0, 0.05) is 17.3 Å². The third-order valence-electron chi connectivity index (χ3n) is 4.09. The van der Waals surface area contributed by atoms with E-state index in [0.29, 0.717) is 5.56 Å². The lowest BCUT2D eigenvalue weighted by Gasteiger charge is -2.23. The fourth-order valence-corrected chi connectivity index (χ4v) is 3.70. The van der Waals surface area contributed by atoms with Gasteiger partial charge in [0.05, 0.1) is 4.90 Å². The summed E-state index contributed by atoms with van der Waals surface area (Å²) in [6, 6.07) is 14.0. The molecule has 3 rings (SSSR count). The van der Waals surface area contributed by atoms with Crippen LogP contribution >= 0.6 is 0 Å². The van der Waals surface area contributed by atoms with Crippen LogP contribution in [0.2, 0.25) is 0 Å². The van der Waals surface area contributed by atoms with Gasteiger partial charge in [-0.25, -0.2) is 13.1 Å². The van der Waals surface area contributed by atoms with E-state index < -0.39 is 10.0 Å². The molecule has 0 saturated carbocycles. The van der Waals surface area contributed by atoms with Crippen molar-refractivity contribution in [1.29, 1.82) is 0 Å². The number of carbonyl (C=O) groups excluding carboxylic acids is 1. The number of anilines is 1. The molecule has 1 amide bonds. The first-order valence-corrected chi connectivity index (χ1v) is 8.87. The second-order valence-corrected chi connectivity index (χ2v) is 7.48. The zero-order chi connectivity index (χ0) is 16.6. The fraction of sp³-hybridized carbons (Fsp3) is 0.235. The van der Waals surface area contributed by atoms with E-state index in [1.165, 1.54) is 19.2 Å². The summed E-state index contributed by atoms with van der Waals surface area (Å²) in [4.78, 5) is 14.7. The molecular weight excluding hydrogens is 312 g/mol. The van der Waals surface area contributed by atoms with Gasteiger partial charge in [-0.1, -0.05) is 24.3 Å². The number of amides is 1. The molecule has 2 aromatic carbocycles. The van der Waals surface area contributed by atoms with Gasteiger partial charge in [0.1, 0.15) is 0 Å². The lowest BCUT2D eigenvalue weighted by atomic mass is 10.1. The molecule has 0 fully saturated rings. The van der Waals surface area contributed by atoms with Gasteiger partial charge in [0.15, 0.2) is 0 Å². The first-order chi connectivity index (χ1) is 10.9. The van der Waals surface area contributed by atoms with Crippen LogP contribution < -0.4 is 9.62 Å². The molecule has 0 aliphatic carbocycles. The molecule has 5 nitrogen and oxygen atoms in total. The monoisotopic (exact) mass is 330 g/mol. The van der Waals surface area contributed by atoms with Crippen LogP contribution in [0.15, 0.2) is 53.4 Å². The topological polar surface area (TPSA) is 66.5 Å². The summed E-state index contributed by atoms with van der Waals surface area (Å²) in [5, 5.41) is 0. The number of fused-ring (bicyclic) bond motifs is 1. The highest BCUT2D eigenvalue weighted by atomic mass is 32.2. The number of hydrogen-bond donors (Lipinski definition) is 1. The van der Waals surface area contributed by atoms with Gasteiger partial charge in [-0.05, 0) is 50.2 Å².